The Labute approximate surface area is 142 Å². The number of rotatable bonds is 6. The Hall–Kier alpha value is -1.79. The van der Waals surface area contributed by atoms with Crippen molar-refractivity contribution < 1.29 is 9.59 Å². The molecule has 2 aliphatic carbocycles. The zero-order valence-corrected chi connectivity index (χ0v) is 13.7. The van der Waals surface area contributed by atoms with Crippen molar-refractivity contribution in [3.8, 4) is 0 Å². The number of nitrogens with two attached hydrogens (primary N) is 1. The molecule has 3 rings (SSSR count). The molecule has 6 nitrogen and oxygen atoms in total. The Morgan fingerprint density at radius 3 is 2.57 bits per heavy atom. The van der Waals surface area contributed by atoms with Gasteiger partial charge in [0.25, 0.3) is 5.91 Å². The van der Waals surface area contributed by atoms with Crippen LogP contribution in [0.2, 0.25) is 0 Å². The largest absolute Gasteiger partial charge is 0.348 e. The molecule has 2 fully saturated rings. The van der Waals surface area contributed by atoms with Crippen LogP contribution in [0.1, 0.15) is 36.0 Å². The number of benzene rings is 1. The van der Waals surface area contributed by atoms with E-state index in [2.05, 4.69) is 16.0 Å². The van der Waals surface area contributed by atoms with E-state index in [0.717, 1.165) is 25.7 Å². The van der Waals surface area contributed by atoms with Crippen molar-refractivity contribution in [2.45, 2.75) is 37.8 Å². The van der Waals surface area contributed by atoms with Gasteiger partial charge in [-0.2, -0.15) is 0 Å². The lowest BCUT2D eigenvalue weighted by Gasteiger charge is -2.16. The van der Waals surface area contributed by atoms with Gasteiger partial charge in [0, 0.05) is 29.9 Å². The fourth-order valence-corrected chi connectivity index (χ4v) is 2.44. The summed E-state index contributed by atoms with van der Waals surface area (Å²) in [7, 11) is 0. The van der Waals surface area contributed by atoms with Crippen molar-refractivity contribution in [2.75, 3.05) is 11.9 Å². The molecule has 0 saturated heterocycles. The summed E-state index contributed by atoms with van der Waals surface area (Å²) >= 11 is 0. The van der Waals surface area contributed by atoms with Crippen LogP contribution in [0, 0.1) is 5.92 Å². The normalized spacial score (nSPS) is 17.6. The van der Waals surface area contributed by atoms with E-state index in [1.807, 2.05) is 0 Å². The molecule has 5 N–H and O–H groups in total. The minimum absolute atomic E-state index is 0. The summed E-state index contributed by atoms with van der Waals surface area (Å²) in [5.74, 6) is 0.369. The molecule has 1 aromatic carbocycles. The van der Waals surface area contributed by atoms with E-state index < -0.39 is 0 Å². The lowest BCUT2D eigenvalue weighted by molar-refractivity contribution is 0.0933. The summed E-state index contributed by atoms with van der Waals surface area (Å²) in [6.07, 6.45) is 4.34. The number of amides is 3. The quantitative estimate of drug-likeness (QED) is 0.637. The van der Waals surface area contributed by atoms with E-state index in [0.29, 0.717) is 29.8 Å². The fraction of sp³-hybridized carbons (Fsp3) is 0.500. The Morgan fingerprint density at radius 1 is 1.22 bits per heavy atom. The topological polar surface area (TPSA) is 96.2 Å². The van der Waals surface area contributed by atoms with Gasteiger partial charge >= 0.3 is 6.03 Å². The Morgan fingerprint density at radius 2 is 1.96 bits per heavy atom. The highest BCUT2D eigenvalue weighted by Crippen LogP contribution is 2.32. The predicted molar refractivity (Wildman–Crippen MR) is 91.9 cm³/mol. The third-order valence-electron chi connectivity index (χ3n) is 4.06. The molecule has 0 bridgehead atoms. The average Bonchev–Trinajstić information content (AvgIpc) is 3.38. The van der Waals surface area contributed by atoms with Crippen molar-refractivity contribution in [1.82, 2.24) is 10.6 Å². The SMILES string of the molecule is Cl.NCC(NC(=O)c1cccc(NC(=O)NC2CC2)c1)C1CC1. The second kappa shape index (κ2) is 7.66. The van der Waals surface area contributed by atoms with Gasteiger partial charge in [0.1, 0.15) is 0 Å². The van der Waals surface area contributed by atoms with E-state index in [4.69, 9.17) is 5.73 Å². The van der Waals surface area contributed by atoms with Crippen LogP contribution in [-0.2, 0) is 0 Å². The van der Waals surface area contributed by atoms with Gasteiger partial charge < -0.3 is 21.7 Å². The third-order valence-corrected chi connectivity index (χ3v) is 4.06. The van der Waals surface area contributed by atoms with Gasteiger partial charge in [-0.15, -0.1) is 12.4 Å². The van der Waals surface area contributed by atoms with Crippen molar-refractivity contribution in [3.05, 3.63) is 29.8 Å². The zero-order valence-electron chi connectivity index (χ0n) is 12.9. The summed E-state index contributed by atoms with van der Waals surface area (Å²) < 4.78 is 0. The maximum Gasteiger partial charge on any atom is 0.319 e. The van der Waals surface area contributed by atoms with Crippen LogP contribution >= 0.6 is 12.4 Å². The molecule has 2 saturated carbocycles. The van der Waals surface area contributed by atoms with E-state index in [9.17, 15) is 9.59 Å². The van der Waals surface area contributed by atoms with Gasteiger partial charge in [0.05, 0.1) is 0 Å². The Balaban J connectivity index is 0.00000192. The maximum absolute atomic E-state index is 12.3. The second-order valence-corrected chi connectivity index (χ2v) is 6.11. The predicted octanol–water partition coefficient (Wildman–Crippen LogP) is 1.86. The first-order valence-corrected chi connectivity index (χ1v) is 7.84. The number of nitrogens with one attached hydrogen (secondary N) is 3. The molecular formula is C16H23ClN4O2. The molecule has 0 aliphatic heterocycles. The van der Waals surface area contributed by atoms with Gasteiger partial charge in [0.15, 0.2) is 0 Å². The summed E-state index contributed by atoms with van der Waals surface area (Å²) in [5, 5.41) is 8.58. The van der Waals surface area contributed by atoms with E-state index >= 15 is 0 Å². The van der Waals surface area contributed by atoms with Crippen LogP contribution in [0.25, 0.3) is 0 Å². The highest BCUT2D eigenvalue weighted by atomic mass is 35.5. The van der Waals surface area contributed by atoms with E-state index in [-0.39, 0.29) is 30.4 Å². The zero-order chi connectivity index (χ0) is 15.5. The summed E-state index contributed by atoms with van der Waals surface area (Å²) in [4.78, 5) is 24.0. The first-order chi connectivity index (χ1) is 10.7. The highest BCUT2D eigenvalue weighted by Gasteiger charge is 2.31. The smallest absolute Gasteiger partial charge is 0.319 e. The van der Waals surface area contributed by atoms with Gasteiger partial charge in [-0.25, -0.2) is 4.79 Å². The number of urea groups is 1. The molecule has 0 radical (unpaired) electrons. The van der Waals surface area contributed by atoms with Gasteiger partial charge in [-0.05, 0) is 49.8 Å². The number of halogens is 1. The second-order valence-electron chi connectivity index (χ2n) is 6.11. The van der Waals surface area contributed by atoms with Gasteiger partial charge in [0.2, 0.25) is 0 Å². The molecule has 1 atom stereocenters. The van der Waals surface area contributed by atoms with Crippen LogP contribution in [0.3, 0.4) is 0 Å². The lowest BCUT2D eigenvalue weighted by atomic mass is 10.1. The molecule has 2 aliphatic rings. The van der Waals surface area contributed by atoms with Crippen molar-refractivity contribution >= 4 is 30.0 Å². The molecule has 23 heavy (non-hydrogen) atoms. The summed E-state index contributed by atoms with van der Waals surface area (Å²) in [6, 6.07) is 7.07. The van der Waals surface area contributed by atoms with E-state index in [1.54, 1.807) is 24.3 Å². The number of hydrogen-bond donors (Lipinski definition) is 4. The fourth-order valence-electron chi connectivity index (χ4n) is 2.44. The van der Waals surface area contributed by atoms with Crippen LogP contribution in [-0.4, -0.2) is 30.6 Å². The first kappa shape index (κ1) is 17.6. The first-order valence-electron chi connectivity index (χ1n) is 7.84. The number of carbonyl (C=O) groups is 2. The van der Waals surface area contributed by atoms with Crippen LogP contribution in [0.15, 0.2) is 24.3 Å². The number of hydrogen-bond acceptors (Lipinski definition) is 3. The third kappa shape index (κ3) is 5.11. The molecule has 0 aromatic heterocycles. The van der Waals surface area contributed by atoms with Gasteiger partial charge in [-0.1, -0.05) is 6.07 Å². The molecule has 3 amide bonds. The van der Waals surface area contributed by atoms with E-state index in [1.165, 1.54) is 0 Å². The number of carbonyl (C=O) groups excluding carboxylic acids is 2. The minimum Gasteiger partial charge on any atom is -0.348 e. The number of anilines is 1. The molecular weight excluding hydrogens is 316 g/mol. The highest BCUT2D eigenvalue weighted by molar-refractivity contribution is 5.97. The minimum atomic E-state index is -0.224. The van der Waals surface area contributed by atoms with Crippen molar-refractivity contribution in [3.63, 3.8) is 0 Å². The van der Waals surface area contributed by atoms with Crippen LogP contribution in [0.5, 0.6) is 0 Å². The van der Waals surface area contributed by atoms with Gasteiger partial charge in [-0.3, -0.25) is 4.79 Å². The lowest BCUT2D eigenvalue weighted by Crippen LogP contribution is -2.41. The molecule has 7 heteroatoms. The summed E-state index contributed by atoms with van der Waals surface area (Å²) in [5.41, 5.74) is 6.85. The molecule has 0 spiro atoms. The monoisotopic (exact) mass is 338 g/mol. The average molecular weight is 339 g/mol. The molecule has 1 unspecified atom stereocenters. The van der Waals surface area contributed by atoms with Crippen LogP contribution < -0.4 is 21.7 Å². The summed E-state index contributed by atoms with van der Waals surface area (Å²) in [6.45, 7) is 0.456. The molecule has 1 aromatic rings. The Bertz CT molecular complexity index is 573. The molecule has 0 heterocycles. The standard InChI is InChI=1S/C16H22N4O2.ClH/c17-9-14(10-4-5-10)20-15(21)11-2-1-3-13(8-11)19-16(22)18-12-6-7-12;/h1-3,8,10,12,14H,4-7,9,17H2,(H,20,21)(H2,18,19,22);1H. The van der Waals surface area contributed by atoms with Crippen LogP contribution in [0.4, 0.5) is 10.5 Å². The van der Waals surface area contributed by atoms with Crippen molar-refractivity contribution in [1.29, 1.82) is 0 Å². The Kier molecular flexibility index (Phi) is 5.85. The molecule has 126 valence electrons. The maximum atomic E-state index is 12.3. The van der Waals surface area contributed by atoms with Crippen molar-refractivity contribution in [2.24, 2.45) is 11.7 Å².